The molecule has 3 aromatic rings. The van der Waals surface area contributed by atoms with Crippen LogP contribution in [0.5, 0.6) is 0 Å². The van der Waals surface area contributed by atoms with Crippen molar-refractivity contribution in [3.05, 3.63) is 59.5 Å². The second kappa shape index (κ2) is 10.1. The molecule has 5 rings (SSSR count). The number of hydrogen-bond acceptors (Lipinski definition) is 7. The van der Waals surface area contributed by atoms with Crippen LogP contribution in [0, 0.1) is 12.7 Å². The van der Waals surface area contributed by atoms with Gasteiger partial charge in [0.15, 0.2) is 0 Å². The first kappa shape index (κ1) is 24.0. The lowest BCUT2D eigenvalue weighted by Crippen LogP contribution is -2.47. The molecule has 1 unspecified atom stereocenters. The van der Waals surface area contributed by atoms with Crippen molar-refractivity contribution in [2.45, 2.75) is 32.7 Å². The quantitative estimate of drug-likeness (QED) is 0.586. The Morgan fingerprint density at radius 1 is 1.03 bits per heavy atom. The van der Waals surface area contributed by atoms with Gasteiger partial charge in [0.2, 0.25) is 5.95 Å². The molecule has 9 heteroatoms. The summed E-state index contributed by atoms with van der Waals surface area (Å²) in [4.78, 5) is 33.2. The van der Waals surface area contributed by atoms with Gasteiger partial charge in [-0.25, -0.2) is 14.4 Å². The number of piperazine rings is 1. The summed E-state index contributed by atoms with van der Waals surface area (Å²) in [7, 11) is 1.62. The third-order valence-electron chi connectivity index (χ3n) is 7.09. The minimum atomic E-state index is -0.259. The molecular formula is C27H32FN7O. The topological polar surface area (TPSA) is 77.5 Å². The van der Waals surface area contributed by atoms with Gasteiger partial charge in [-0.15, -0.1) is 0 Å². The highest BCUT2D eigenvalue weighted by Gasteiger charge is 2.26. The molecule has 1 N–H and O–H groups in total. The lowest BCUT2D eigenvalue weighted by Gasteiger charge is -2.37. The first-order valence-electron chi connectivity index (χ1n) is 12.5. The maximum Gasteiger partial charge on any atom is 0.252 e. The Morgan fingerprint density at radius 3 is 2.39 bits per heavy atom. The van der Waals surface area contributed by atoms with Crippen molar-refractivity contribution in [1.29, 1.82) is 0 Å². The first-order valence-corrected chi connectivity index (χ1v) is 12.5. The summed E-state index contributed by atoms with van der Waals surface area (Å²) in [5.74, 6) is 2.14. The van der Waals surface area contributed by atoms with Gasteiger partial charge in [-0.05, 0) is 62.6 Å². The maximum absolute atomic E-state index is 13.6. The highest BCUT2D eigenvalue weighted by Crippen LogP contribution is 2.30. The van der Waals surface area contributed by atoms with Crippen LogP contribution >= 0.6 is 0 Å². The molecule has 2 aromatic heterocycles. The van der Waals surface area contributed by atoms with Gasteiger partial charge in [0.25, 0.3) is 5.91 Å². The van der Waals surface area contributed by atoms with E-state index in [9.17, 15) is 9.18 Å². The van der Waals surface area contributed by atoms with Gasteiger partial charge in [0.05, 0.1) is 11.3 Å². The van der Waals surface area contributed by atoms with Gasteiger partial charge < -0.3 is 20.0 Å². The van der Waals surface area contributed by atoms with E-state index in [2.05, 4.69) is 31.9 Å². The minimum Gasteiger partial charge on any atom is -0.355 e. The lowest BCUT2D eigenvalue weighted by molar-refractivity contribution is 0.0962. The molecule has 0 spiro atoms. The van der Waals surface area contributed by atoms with Crippen LogP contribution in [0.1, 0.15) is 35.7 Å². The van der Waals surface area contributed by atoms with Crippen molar-refractivity contribution < 1.29 is 9.18 Å². The number of benzene rings is 1. The number of carbonyl (C=O) groups excluding carboxylic acids is 1. The Balaban J connectivity index is 1.38. The molecular weight excluding hydrogens is 457 g/mol. The molecule has 1 aromatic carbocycles. The highest BCUT2D eigenvalue weighted by atomic mass is 19.1. The zero-order valence-corrected chi connectivity index (χ0v) is 21.0. The monoisotopic (exact) mass is 489 g/mol. The fraction of sp³-hybridized carbons (Fsp3) is 0.407. The second-order valence-corrected chi connectivity index (χ2v) is 9.52. The third-order valence-corrected chi connectivity index (χ3v) is 7.09. The number of hydrogen-bond donors (Lipinski definition) is 1. The van der Waals surface area contributed by atoms with Crippen molar-refractivity contribution >= 4 is 23.5 Å². The maximum atomic E-state index is 13.6. The van der Waals surface area contributed by atoms with E-state index in [4.69, 9.17) is 9.97 Å². The summed E-state index contributed by atoms with van der Waals surface area (Å²) in [5, 5.41) is 2.64. The number of rotatable bonds is 5. The first-order chi connectivity index (χ1) is 17.4. The van der Waals surface area contributed by atoms with E-state index in [1.807, 2.05) is 19.1 Å². The van der Waals surface area contributed by atoms with Gasteiger partial charge in [-0.3, -0.25) is 4.79 Å². The molecule has 36 heavy (non-hydrogen) atoms. The van der Waals surface area contributed by atoms with Crippen molar-refractivity contribution in [3.8, 4) is 11.3 Å². The van der Waals surface area contributed by atoms with Crippen LogP contribution in [0.15, 0.2) is 42.6 Å². The molecule has 1 atom stereocenters. The van der Waals surface area contributed by atoms with Crippen molar-refractivity contribution in [2.75, 3.05) is 54.5 Å². The average molecular weight is 490 g/mol. The molecule has 2 fully saturated rings. The molecule has 1 amide bonds. The molecule has 0 radical (unpaired) electrons. The standard InChI is InChI=1S/C27H32FN7O/c1-18-15-21(26(36)29-3)17-30-25(18)34-13-11-33(12-14-34)24-16-23(20-6-8-22(28)9-7-20)31-27(32-24)35-10-4-5-19(35)2/h6-9,15-17,19H,4-5,10-14H2,1-3H3,(H,29,36). The Hall–Kier alpha value is -3.75. The summed E-state index contributed by atoms with van der Waals surface area (Å²) >= 11 is 0. The molecule has 0 saturated carbocycles. The van der Waals surface area contributed by atoms with Crippen LogP contribution in [0.3, 0.4) is 0 Å². The van der Waals surface area contributed by atoms with Crippen LogP contribution in [-0.2, 0) is 0 Å². The number of aromatic nitrogens is 3. The summed E-state index contributed by atoms with van der Waals surface area (Å²) in [6.45, 7) is 8.30. The summed E-state index contributed by atoms with van der Waals surface area (Å²) in [6.07, 6.45) is 3.89. The van der Waals surface area contributed by atoms with E-state index in [1.54, 1.807) is 25.4 Å². The summed E-state index contributed by atoms with van der Waals surface area (Å²) in [5.41, 5.74) is 3.23. The number of aryl methyl sites for hydroxylation is 1. The second-order valence-electron chi connectivity index (χ2n) is 9.52. The molecule has 188 valence electrons. The normalized spacial score (nSPS) is 18.0. The van der Waals surface area contributed by atoms with E-state index in [-0.39, 0.29) is 11.7 Å². The molecule has 4 heterocycles. The molecule has 2 aliphatic heterocycles. The summed E-state index contributed by atoms with van der Waals surface area (Å²) < 4.78 is 13.6. The van der Waals surface area contributed by atoms with Gasteiger partial charge in [-0.1, -0.05) is 0 Å². The van der Waals surface area contributed by atoms with Crippen molar-refractivity contribution in [3.63, 3.8) is 0 Å². The number of nitrogens with zero attached hydrogens (tertiary/aromatic N) is 6. The van der Waals surface area contributed by atoms with Crippen LogP contribution in [0.25, 0.3) is 11.3 Å². The molecule has 0 bridgehead atoms. The fourth-order valence-electron chi connectivity index (χ4n) is 5.03. The minimum absolute atomic E-state index is 0.134. The number of amides is 1. The predicted molar refractivity (Wildman–Crippen MR) is 140 cm³/mol. The predicted octanol–water partition coefficient (Wildman–Crippen LogP) is 3.66. The Labute approximate surface area is 211 Å². The number of nitrogens with one attached hydrogen (secondary N) is 1. The van der Waals surface area contributed by atoms with E-state index in [0.29, 0.717) is 11.6 Å². The average Bonchev–Trinajstić information content (AvgIpc) is 3.34. The van der Waals surface area contributed by atoms with Crippen LogP contribution in [-0.4, -0.2) is 66.7 Å². The van der Waals surface area contributed by atoms with Crippen molar-refractivity contribution in [1.82, 2.24) is 20.3 Å². The van der Waals surface area contributed by atoms with E-state index in [1.165, 1.54) is 12.1 Å². The number of halogens is 1. The van der Waals surface area contributed by atoms with Crippen LogP contribution in [0.4, 0.5) is 22.0 Å². The zero-order chi connectivity index (χ0) is 25.2. The molecule has 2 saturated heterocycles. The van der Waals surface area contributed by atoms with Gasteiger partial charge in [0, 0.05) is 63.6 Å². The third kappa shape index (κ3) is 4.82. The SMILES string of the molecule is CNC(=O)c1cnc(N2CCN(c3cc(-c4ccc(F)cc4)nc(N4CCCC4C)n3)CC2)c(C)c1. The molecule has 0 aliphatic carbocycles. The number of anilines is 3. The zero-order valence-electron chi connectivity index (χ0n) is 21.0. The van der Waals surface area contributed by atoms with E-state index in [0.717, 1.165) is 80.0 Å². The molecule has 2 aliphatic rings. The molecule has 8 nitrogen and oxygen atoms in total. The fourth-order valence-corrected chi connectivity index (χ4v) is 5.03. The number of pyridine rings is 1. The van der Waals surface area contributed by atoms with Crippen LogP contribution < -0.4 is 20.0 Å². The van der Waals surface area contributed by atoms with Gasteiger partial charge >= 0.3 is 0 Å². The largest absolute Gasteiger partial charge is 0.355 e. The Kier molecular flexibility index (Phi) is 6.71. The summed E-state index contributed by atoms with van der Waals surface area (Å²) in [6, 6.07) is 10.8. The number of carbonyl (C=O) groups is 1. The van der Waals surface area contributed by atoms with E-state index >= 15 is 0 Å². The van der Waals surface area contributed by atoms with Gasteiger partial charge in [0.1, 0.15) is 17.5 Å². The lowest BCUT2D eigenvalue weighted by atomic mass is 10.1. The van der Waals surface area contributed by atoms with Crippen molar-refractivity contribution in [2.24, 2.45) is 0 Å². The van der Waals surface area contributed by atoms with Crippen LogP contribution in [0.2, 0.25) is 0 Å². The van der Waals surface area contributed by atoms with E-state index < -0.39 is 0 Å². The smallest absolute Gasteiger partial charge is 0.252 e. The highest BCUT2D eigenvalue weighted by molar-refractivity contribution is 5.94. The Morgan fingerprint density at radius 2 is 1.75 bits per heavy atom. The van der Waals surface area contributed by atoms with Gasteiger partial charge in [-0.2, -0.15) is 4.98 Å². The Bertz CT molecular complexity index is 1240.